The lowest BCUT2D eigenvalue weighted by atomic mass is 10.3. The molecule has 2 unspecified atom stereocenters. The predicted molar refractivity (Wildman–Crippen MR) is 45.0 cm³/mol. The number of rotatable bonds is 4. The Morgan fingerprint density at radius 1 is 1.67 bits per heavy atom. The van der Waals surface area contributed by atoms with Gasteiger partial charge in [0.05, 0.1) is 0 Å². The minimum atomic E-state index is -1.11. The van der Waals surface area contributed by atoms with E-state index >= 15 is 0 Å². The van der Waals surface area contributed by atoms with Crippen molar-refractivity contribution in [3.8, 4) is 0 Å². The lowest BCUT2D eigenvalue weighted by Crippen LogP contribution is -2.40. The van der Waals surface area contributed by atoms with E-state index in [1.165, 1.54) is 13.1 Å². The Balaban J connectivity index is 4.34. The molecule has 0 saturated carbocycles. The quantitative estimate of drug-likeness (QED) is 0.591. The average molecular weight is 173 g/mol. The third kappa shape index (κ3) is 2.64. The van der Waals surface area contributed by atoms with Gasteiger partial charge in [0.25, 0.3) is 5.91 Å². The Labute approximate surface area is 72.1 Å². The highest BCUT2D eigenvalue weighted by molar-refractivity contribution is 5.81. The van der Waals surface area contributed by atoms with Gasteiger partial charge in [-0.3, -0.25) is 9.69 Å². The smallest absolute Gasteiger partial charge is 0.257 e. The fourth-order valence-corrected chi connectivity index (χ4v) is 0.771. The largest absolute Gasteiger partial charge is 0.384 e. The molecule has 0 rings (SSSR count). The van der Waals surface area contributed by atoms with Gasteiger partial charge in [-0.15, -0.1) is 0 Å². The fraction of sp³-hybridized carbons (Fsp3) is 0.625. The molecule has 0 heterocycles. The van der Waals surface area contributed by atoms with Gasteiger partial charge in [-0.05, 0) is 13.3 Å². The van der Waals surface area contributed by atoms with Gasteiger partial charge >= 0.3 is 0 Å². The molecule has 4 nitrogen and oxygen atoms in total. The molecule has 0 aromatic carbocycles. The number of aliphatic hydroxyl groups excluding tert-OH is 2. The Morgan fingerprint density at radius 2 is 2.17 bits per heavy atom. The van der Waals surface area contributed by atoms with Gasteiger partial charge in [0, 0.05) is 6.20 Å². The van der Waals surface area contributed by atoms with Gasteiger partial charge in [0.1, 0.15) is 12.3 Å². The van der Waals surface area contributed by atoms with Gasteiger partial charge in [-0.1, -0.05) is 13.5 Å². The lowest BCUT2D eigenvalue weighted by Gasteiger charge is -2.24. The summed E-state index contributed by atoms with van der Waals surface area (Å²) in [5, 5.41) is 18.2. The summed E-state index contributed by atoms with van der Waals surface area (Å²) in [5.74, 6) is -0.542. The Kier molecular flexibility index (Phi) is 4.54. The number of carbonyl (C=O) groups excluding carboxylic acids is 1. The van der Waals surface area contributed by atoms with Gasteiger partial charge in [-0.25, -0.2) is 0 Å². The zero-order chi connectivity index (χ0) is 9.72. The summed E-state index contributed by atoms with van der Waals surface area (Å²) >= 11 is 0. The second kappa shape index (κ2) is 4.90. The Hall–Kier alpha value is -0.870. The van der Waals surface area contributed by atoms with Gasteiger partial charge in [0.2, 0.25) is 0 Å². The molecule has 12 heavy (non-hydrogen) atoms. The van der Waals surface area contributed by atoms with E-state index in [9.17, 15) is 9.90 Å². The van der Waals surface area contributed by atoms with Gasteiger partial charge < -0.3 is 10.2 Å². The average Bonchev–Trinajstić information content (AvgIpc) is 2.05. The van der Waals surface area contributed by atoms with Crippen LogP contribution in [-0.4, -0.2) is 33.4 Å². The first-order chi connectivity index (χ1) is 5.54. The fourth-order valence-electron chi connectivity index (χ4n) is 0.771. The first-order valence-corrected chi connectivity index (χ1v) is 3.85. The van der Waals surface area contributed by atoms with E-state index in [2.05, 4.69) is 6.58 Å². The number of amides is 1. The van der Waals surface area contributed by atoms with Crippen LogP contribution in [0.1, 0.15) is 20.3 Å². The van der Waals surface area contributed by atoms with Gasteiger partial charge in [-0.2, -0.15) is 0 Å². The van der Waals surface area contributed by atoms with Crippen molar-refractivity contribution in [3.63, 3.8) is 0 Å². The number of nitrogens with zero attached hydrogens (tertiary/aromatic N) is 1. The summed E-state index contributed by atoms with van der Waals surface area (Å²) in [6.07, 6.45) is -0.387. The first-order valence-electron chi connectivity index (χ1n) is 3.85. The van der Waals surface area contributed by atoms with Crippen LogP contribution in [0, 0.1) is 0 Å². The maximum absolute atomic E-state index is 11.1. The third-order valence-electron chi connectivity index (χ3n) is 1.49. The van der Waals surface area contributed by atoms with Crippen molar-refractivity contribution in [1.29, 1.82) is 0 Å². The number of aliphatic hydroxyl groups is 2. The molecule has 4 heteroatoms. The predicted octanol–water partition coefficient (Wildman–Crippen LogP) is 0.0677. The zero-order valence-electron chi connectivity index (χ0n) is 7.40. The summed E-state index contributed by atoms with van der Waals surface area (Å²) in [7, 11) is 0. The molecule has 0 aromatic heterocycles. The van der Waals surface area contributed by atoms with E-state index in [0.717, 1.165) is 4.90 Å². The summed E-state index contributed by atoms with van der Waals surface area (Å²) in [6, 6.07) is 0. The Morgan fingerprint density at radius 3 is 2.42 bits per heavy atom. The Bertz CT molecular complexity index is 168. The van der Waals surface area contributed by atoms with Crippen LogP contribution >= 0.6 is 0 Å². The van der Waals surface area contributed by atoms with Crippen LogP contribution < -0.4 is 0 Å². The zero-order valence-corrected chi connectivity index (χ0v) is 7.40. The SMILES string of the molecule is C=CN(C(=O)C(C)O)C(O)CC. The number of hydrogen-bond donors (Lipinski definition) is 2. The van der Waals surface area contributed by atoms with Crippen LogP contribution in [0.15, 0.2) is 12.8 Å². The summed E-state index contributed by atoms with van der Waals surface area (Å²) in [6.45, 7) is 6.45. The molecule has 0 spiro atoms. The van der Waals surface area contributed by atoms with E-state index in [1.54, 1.807) is 6.92 Å². The van der Waals surface area contributed by atoms with Crippen molar-refractivity contribution in [2.75, 3.05) is 0 Å². The van der Waals surface area contributed by atoms with Crippen molar-refractivity contribution in [1.82, 2.24) is 4.90 Å². The monoisotopic (exact) mass is 173 g/mol. The van der Waals surface area contributed by atoms with E-state index in [1.807, 2.05) is 0 Å². The number of carbonyl (C=O) groups is 1. The van der Waals surface area contributed by atoms with E-state index in [4.69, 9.17) is 5.11 Å². The van der Waals surface area contributed by atoms with E-state index < -0.39 is 18.2 Å². The molecule has 0 aliphatic carbocycles. The highest BCUT2D eigenvalue weighted by Gasteiger charge is 2.20. The van der Waals surface area contributed by atoms with Crippen LogP contribution in [0.3, 0.4) is 0 Å². The van der Waals surface area contributed by atoms with Crippen LogP contribution in [0.25, 0.3) is 0 Å². The molecule has 0 radical (unpaired) electrons. The molecule has 0 fully saturated rings. The van der Waals surface area contributed by atoms with Crippen molar-refractivity contribution < 1.29 is 15.0 Å². The van der Waals surface area contributed by atoms with Crippen molar-refractivity contribution in [2.24, 2.45) is 0 Å². The molecule has 0 aliphatic heterocycles. The van der Waals surface area contributed by atoms with E-state index in [-0.39, 0.29) is 0 Å². The van der Waals surface area contributed by atoms with Crippen molar-refractivity contribution in [2.45, 2.75) is 32.6 Å². The van der Waals surface area contributed by atoms with Gasteiger partial charge in [0.15, 0.2) is 0 Å². The molecule has 2 atom stereocenters. The summed E-state index contributed by atoms with van der Waals surface area (Å²) < 4.78 is 0. The van der Waals surface area contributed by atoms with Crippen molar-refractivity contribution in [3.05, 3.63) is 12.8 Å². The van der Waals surface area contributed by atoms with E-state index in [0.29, 0.717) is 6.42 Å². The minimum absolute atomic E-state index is 0.407. The van der Waals surface area contributed by atoms with Crippen LogP contribution in [-0.2, 0) is 4.79 Å². The minimum Gasteiger partial charge on any atom is -0.384 e. The third-order valence-corrected chi connectivity index (χ3v) is 1.49. The maximum atomic E-state index is 11.1. The second-order valence-electron chi connectivity index (χ2n) is 2.49. The summed E-state index contributed by atoms with van der Waals surface area (Å²) in [5.41, 5.74) is 0. The molecule has 0 aliphatic rings. The van der Waals surface area contributed by atoms with Crippen molar-refractivity contribution >= 4 is 5.91 Å². The lowest BCUT2D eigenvalue weighted by molar-refractivity contribution is -0.144. The standard InChI is InChI=1S/C8H15NO3/c1-4-7(11)9(5-2)8(12)6(3)10/h5-7,10-11H,2,4H2,1,3H3. The van der Waals surface area contributed by atoms with Crippen LogP contribution in [0.2, 0.25) is 0 Å². The molecular weight excluding hydrogens is 158 g/mol. The second-order valence-corrected chi connectivity index (χ2v) is 2.49. The molecule has 1 amide bonds. The molecule has 2 N–H and O–H groups in total. The molecular formula is C8H15NO3. The molecule has 0 bridgehead atoms. The van der Waals surface area contributed by atoms with Crippen LogP contribution in [0.4, 0.5) is 0 Å². The topological polar surface area (TPSA) is 60.8 Å². The normalized spacial score (nSPS) is 15.0. The highest BCUT2D eigenvalue weighted by Crippen LogP contribution is 2.03. The summed E-state index contributed by atoms with van der Waals surface area (Å²) in [4.78, 5) is 12.1. The highest BCUT2D eigenvalue weighted by atomic mass is 16.3. The first kappa shape index (κ1) is 11.1. The van der Waals surface area contributed by atoms with Crippen LogP contribution in [0.5, 0.6) is 0 Å². The molecule has 0 saturated heterocycles. The molecule has 0 aromatic rings. The maximum Gasteiger partial charge on any atom is 0.257 e. The molecule has 70 valence electrons. The number of hydrogen-bond acceptors (Lipinski definition) is 3.